The van der Waals surface area contributed by atoms with Gasteiger partial charge in [-0.1, -0.05) is 6.08 Å². The van der Waals surface area contributed by atoms with Crippen LogP contribution in [0.4, 0.5) is 0 Å². The van der Waals surface area contributed by atoms with E-state index in [0.717, 1.165) is 5.82 Å². The van der Waals surface area contributed by atoms with Gasteiger partial charge in [0, 0.05) is 13.5 Å². The van der Waals surface area contributed by atoms with Gasteiger partial charge in [0.05, 0.1) is 12.0 Å². The van der Waals surface area contributed by atoms with Crippen LogP contribution in [0.3, 0.4) is 0 Å². The van der Waals surface area contributed by atoms with E-state index < -0.39 is 5.41 Å². The number of esters is 1. The zero-order valence-electron chi connectivity index (χ0n) is 9.93. The van der Waals surface area contributed by atoms with Gasteiger partial charge in [-0.25, -0.2) is 4.98 Å². The molecular weight excluding hydrogens is 206 g/mol. The zero-order valence-corrected chi connectivity index (χ0v) is 9.93. The van der Waals surface area contributed by atoms with Gasteiger partial charge in [0.1, 0.15) is 12.2 Å². The molecule has 0 saturated carbocycles. The van der Waals surface area contributed by atoms with E-state index in [1.165, 1.54) is 6.33 Å². The maximum atomic E-state index is 11.8. The van der Waals surface area contributed by atoms with Crippen LogP contribution in [-0.4, -0.2) is 27.3 Å². The summed E-state index contributed by atoms with van der Waals surface area (Å²) in [7, 11) is 1.79. The molecule has 0 fully saturated rings. The van der Waals surface area contributed by atoms with E-state index in [4.69, 9.17) is 4.74 Å². The molecule has 0 radical (unpaired) electrons. The second-order valence-electron chi connectivity index (χ2n) is 3.82. The van der Waals surface area contributed by atoms with Crippen molar-refractivity contribution in [2.45, 2.75) is 20.3 Å². The lowest BCUT2D eigenvalue weighted by molar-refractivity contribution is -0.151. The van der Waals surface area contributed by atoms with Crippen LogP contribution in [-0.2, 0) is 23.0 Å². The Hall–Kier alpha value is -1.65. The molecule has 0 amide bonds. The second kappa shape index (κ2) is 4.92. The predicted octanol–water partition coefficient (Wildman–Crippen LogP) is 1.11. The van der Waals surface area contributed by atoms with Crippen molar-refractivity contribution in [3.63, 3.8) is 0 Å². The number of carbonyl (C=O) groups is 1. The number of aryl methyl sites for hydroxylation is 1. The van der Waals surface area contributed by atoms with Crippen molar-refractivity contribution in [2.24, 2.45) is 12.5 Å². The fraction of sp³-hybridized carbons (Fsp3) is 0.545. The van der Waals surface area contributed by atoms with Crippen molar-refractivity contribution < 1.29 is 9.53 Å². The minimum atomic E-state index is -0.753. The van der Waals surface area contributed by atoms with Gasteiger partial charge in [-0.3, -0.25) is 9.48 Å². The largest absolute Gasteiger partial charge is 0.465 e. The Morgan fingerprint density at radius 1 is 1.75 bits per heavy atom. The monoisotopic (exact) mass is 223 g/mol. The van der Waals surface area contributed by atoms with Crippen molar-refractivity contribution in [1.82, 2.24) is 14.8 Å². The summed E-state index contributed by atoms with van der Waals surface area (Å²) in [5.74, 6) is 0.448. The van der Waals surface area contributed by atoms with E-state index >= 15 is 0 Å². The minimum absolute atomic E-state index is 0.284. The fourth-order valence-corrected chi connectivity index (χ4v) is 1.33. The van der Waals surface area contributed by atoms with Gasteiger partial charge in [-0.2, -0.15) is 5.10 Å². The molecule has 88 valence electrons. The van der Waals surface area contributed by atoms with Gasteiger partial charge in [0.25, 0.3) is 0 Å². The molecule has 0 aliphatic rings. The molecule has 0 aliphatic heterocycles. The summed E-state index contributed by atoms with van der Waals surface area (Å²) < 4.78 is 6.66. The van der Waals surface area contributed by atoms with Crippen LogP contribution in [0.15, 0.2) is 19.0 Å². The van der Waals surface area contributed by atoms with Gasteiger partial charge in [-0.15, -0.1) is 6.58 Å². The van der Waals surface area contributed by atoms with Gasteiger partial charge >= 0.3 is 5.97 Å². The summed E-state index contributed by atoms with van der Waals surface area (Å²) in [6.45, 7) is 7.62. The third kappa shape index (κ3) is 2.48. The molecular formula is C11H17N3O2. The Bertz CT molecular complexity index is 386. The molecule has 1 atom stereocenters. The van der Waals surface area contributed by atoms with Crippen LogP contribution < -0.4 is 0 Å². The third-order valence-electron chi connectivity index (χ3n) is 2.52. The highest BCUT2D eigenvalue weighted by atomic mass is 16.5. The number of nitrogens with zero attached hydrogens (tertiary/aromatic N) is 3. The quantitative estimate of drug-likeness (QED) is 0.554. The molecule has 5 heteroatoms. The Kier molecular flexibility index (Phi) is 3.82. The van der Waals surface area contributed by atoms with Crippen molar-refractivity contribution in [1.29, 1.82) is 0 Å². The first-order chi connectivity index (χ1) is 7.53. The molecule has 16 heavy (non-hydrogen) atoms. The molecule has 5 nitrogen and oxygen atoms in total. The van der Waals surface area contributed by atoms with E-state index in [1.54, 1.807) is 31.7 Å². The lowest BCUT2D eigenvalue weighted by atomic mass is 9.86. The fourth-order valence-electron chi connectivity index (χ4n) is 1.33. The average molecular weight is 223 g/mol. The van der Waals surface area contributed by atoms with Gasteiger partial charge in [0.2, 0.25) is 0 Å². The summed E-state index contributed by atoms with van der Waals surface area (Å²) in [5, 5.41) is 3.96. The third-order valence-corrected chi connectivity index (χ3v) is 2.52. The first-order valence-corrected chi connectivity index (χ1v) is 5.17. The normalized spacial score (nSPS) is 14.2. The highest BCUT2D eigenvalue weighted by Crippen LogP contribution is 2.24. The van der Waals surface area contributed by atoms with Gasteiger partial charge in [-0.05, 0) is 13.8 Å². The van der Waals surface area contributed by atoms with E-state index in [9.17, 15) is 4.79 Å². The van der Waals surface area contributed by atoms with Gasteiger partial charge < -0.3 is 4.74 Å². The van der Waals surface area contributed by atoms with E-state index in [1.807, 2.05) is 0 Å². The average Bonchev–Trinajstić information content (AvgIpc) is 2.64. The molecule has 0 saturated heterocycles. The van der Waals surface area contributed by atoms with E-state index in [2.05, 4.69) is 16.7 Å². The predicted molar refractivity (Wildman–Crippen MR) is 59.6 cm³/mol. The maximum Gasteiger partial charge on any atom is 0.316 e. The van der Waals surface area contributed by atoms with E-state index in [0.29, 0.717) is 13.0 Å². The number of carbonyl (C=O) groups excluding carboxylic acids is 1. The first-order valence-electron chi connectivity index (χ1n) is 5.17. The summed E-state index contributed by atoms with van der Waals surface area (Å²) in [4.78, 5) is 15.9. The molecule has 0 bridgehead atoms. The lowest BCUT2D eigenvalue weighted by Crippen LogP contribution is -2.31. The SMILES string of the molecule is C=CC(C)(Cc1ncnn1C)C(=O)OCC. The zero-order chi connectivity index (χ0) is 12.2. The maximum absolute atomic E-state index is 11.8. The molecule has 0 aromatic carbocycles. The molecule has 0 spiro atoms. The van der Waals surface area contributed by atoms with Crippen molar-refractivity contribution >= 4 is 5.97 Å². The molecule has 0 N–H and O–H groups in total. The minimum Gasteiger partial charge on any atom is -0.465 e. The smallest absolute Gasteiger partial charge is 0.316 e. The van der Waals surface area contributed by atoms with Crippen molar-refractivity contribution in [3.05, 3.63) is 24.8 Å². The topological polar surface area (TPSA) is 57.0 Å². The van der Waals surface area contributed by atoms with Crippen LogP contribution >= 0.6 is 0 Å². The Morgan fingerprint density at radius 3 is 2.88 bits per heavy atom. The molecule has 1 aromatic heterocycles. The van der Waals surface area contributed by atoms with Crippen LogP contribution in [0.1, 0.15) is 19.7 Å². The summed E-state index contributed by atoms with van der Waals surface area (Å²) in [5.41, 5.74) is -0.753. The first kappa shape index (κ1) is 12.4. The number of hydrogen-bond acceptors (Lipinski definition) is 4. The summed E-state index contributed by atoms with van der Waals surface area (Å²) >= 11 is 0. The number of ether oxygens (including phenoxy) is 1. The number of hydrogen-bond donors (Lipinski definition) is 0. The van der Waals surface area contributed by atoms with Gasteiger partial charge in [0.15, 0.2) is 0 Å². The molecule has 1 unspecified atom stereocenters. The lowest BCUT2D eigenvalue weighted by Gasteiger charge is -2.22. The van der Waals surface area contributed by atoms with Crippen molar-refractivity contribution in [3.8, 4) is 0 Å². The summed E-state index contributed by atoms with van der Waals surface area (Å²) in [6, 6.07) is 0. The molecule has 0 aliphatic carbocycles. The Morgan fingerprint density at radius 2 is 2.44 bits per heavy atom. The second-order valence-corrected chi connectivity index (χ2v) is 3.82. The Labute approximate surface area is 95.1 Å². The number of rotatable bonds is 5. The van der Waals surface area contributed by atoms with Crippen LogP contribution in [0.25, 0.3) is 0 Å². The van der Waals surface area contributed by atoms with Crippen LogP contribution in [0.5, 0.6) is 0 Å². The molecule has 1 aromatic rings. The number of aromatic nitrogens is 3. The van der Waals surface area contributed by atoms with Crippen molar-refractivity contribution in [2.75, 3.05) is 6.61 Å². The Balaban J connectivity index is 2.86. The molecule has 1 heterocycles. The van der Waals surface area contributed by atoms with E-state index in [-0.39, 0.29) is 5.97 Å². The van der Waals surface area contributed by atoms with Crippen LogP contribution in [0.2, 0.25) is 0 Å². The highest BCUT2D eigenvalue weighted by Gasteiger charge is 2.33. The molecule has 1 rings (SSSR count). The highest BCUT2D eigenvalue weighted by molar-refractivity contribution is 5.78. The summed E-state index contributed by atoms with van der Waals surface area (Å²) in [6.07, 6.45) is 3.50. The van der Waals surface area contributed by atoms with Crippen LogP contribution in [0, 0.1) is 5.41 Å². The standard InChI is InChI=1S/C11H17N3O2/c1-5-11(3,10(15)16-6-2)7-9-12-8-13-14(9)4/h5,8H,1,6-7H2,2-4H3.